The van der Waals surface area contributed by atoms with Gasteiger partial charge in [-0.05, 0) is 18.6 Å². The molecule has 0 heterocycles. The average molecular weight is 220 g/mol. The first kappa shape index (κ1) is 12.6. The number of para-hydroxylation sites is 1. The Hall–Kier alpha value is -1.51. The molecule has 88 valence electrons. The Balaban J connectivity index is 2.44. The molecule has 3 N–H and O–H groups in total. The third kappa shape index (κ3) is 3.93. The summed E-state index contributed by atoms with van der Waals surface area (Å²) in [5, 5.41) is 7.42. The molecule has 0 aromatic heterocycles. The van der Waals surface area contributed by atoms with Crippen LogP contribution in [0, 0.1) is 5.41 Å². The number of hydrogen-bond acceptors (Lipinski definition) is 2. The number of nitrogens with one attached hydrogen (secondary N) is 1. The third-order valence-corrected chi connectivity index (χ3v) is 2.43. The average Bonchev–Trinajstić information content (AvgIpc) is 2.29. The van der Waals surface area contributed by atoms with Crippen LogP contribution in [0.3, 0.4) is 0 Å². The van der Waals surface area contributed by atoms with E-state index < -0.39 is 0 Å². The number of ether oxygens (including phenoxy) is 1. The largest absolute Gasteiger partial charge is 0.493 e. The number of nitrogens with two attached hydrogens (primary N) is 1. The molecule has 3 heteroatoms. The Morgan fingerprint density at radius 1 is 1.25 bits per heavy atom. The van der Waals surface area contributed by atoms with Crippen LogP contribution in [-0.4, -0.2) is 12.4 Å². The van der Waals surface area contributed by atoms with Crippen LogP contribution >= 0.6 is 0 Å². The van der Waals surface area contributed by atoms with Crippen molar-refractivity contribution < 1.29 is 4.74 Å². The van der Waals surface area contributed by atoms with E-state index in [-0.39, 0.29) is 5.84 Å². The Bertz CT molecular complexity index is 336. The summed E-state index contributed by atoms with van der Waals surface area (Å²) in [6.45, 7) is 2.89. The van der Waals surface area contributed by atoms with Crippen molar-refractivity contribution in [2.75, 3.05) is 6.61 Å². The highest BCUT2D eigenvalue weighted by atomic mass is 16.5. The van der Waals surface area contributed by atoms with E-state index in [2.05, 4.69) is 6.92 Å². The fourth-order valence-corrected chi connectivity index (χ4v) is 1.53. The van der Waals surface area contributed by atoms with E-state index >= 15 is 0 Å². The van der Waals surface area contributed by atoms with Crippen molar-refractivity contribution in [2.45, 2.75) is 32.6 Å². The zero-order chi connectivity index (χ0) is 11.8. The lowest BCUT2D eigenvalue weighted by Gasteiger charge is -2.09. The van der Waals surface area contributed by atoms with E-state index in [4.69, 9.17) is 15.9 Å². The van der Waals surface area contributed by atoms with Crippen molar-refractivity contribution in [3.63, 3.8) is 0 Å². The van der Waals surface area contributed by atoms with Crippen LogP contribution in [0.2, 0.25) is 0 Å². The van der Waals surface area contributed by atoms with Gasteiger partial charge in [0.25, 0.3) is 0 Å². The first-order valence-electron chi connectivity index (χ1n) is 5.82. The molecule has 0 saturated carbocycles. The molecule has 0 amide bonds. The first-order chi connectivity index (χ1) is 7.75. The van der Waals surface area contributed by atoms with Crippen molar-refractivity contribution in [2.24, 2.45) is 5.73 Å². The van der Waals surface area contributed by atoms with Gasteiger partial charge in [-0.1, -0.05) is 38.3 Å². The molecule has 0 atom stereocenters. The second-order valence-electron chi connectivity index (χ2n) is 3.82. The van der Waals surface area contributed by atoms with Crippen LogP contribution in [0.5, 0.6) is 5.75 Å². The fourth-order valence-electron chi connectivity index (χ4n) is 1.53. The van der Waals surface area contributed by atoms with E-state index in [1.165, 1.54) is 19.3 Å². The Kier molecular flexibility index (Phi) is 5.40. The minimum Gasteiger partial charge on any atom is -0.493 e. The predicted molar refractivity (Wildman–Crippen MR) is 67.1 cm³/mol. The molecule has 0 unspecified atom stereocenters. The predicted octanol–water partition coefficient (Wildman–Crippen LogP) is 2.93. The van der Waals surface area contributed by atoms with Crippen molar-refractivity contribution in [3.05, 3.63) is 29.8 Å². The maximum atomic E-state index is 7.42. The number of unbranched alkanes of at least 4 members (excludes halogenated alkanes) is 3. The zero-order valence-corrected chi connectivity index (χ0v) is 9.83. The maximum absolute atomic E-state index is 7.42. The second kappa shape index (κ2) is 6.88. The van der Waals surface area contributed by atoms with Gasteiger partial charge in [0.15, 0.2) is 0 Å². The number of hydrogen-bond donors (Lipinski definition) is 2. The summed E-state index contributed by atoms with van der Waals surface area (Å²) in [7, 11) is 0. The number of rotatable bonds is 7. The van der Waals surface area contributed by atoms with Gasteiger partial charge in [0.05, 0.1) is 12.2 Å². The van der Waals surface area contributed by atoms with Crippen molar-refractivity contribution >= 4 is 5.84 Å². The molecule has 1 aromatic rings. The maximum Gasteiger partial charge on any atom is 0.130 e. The smallest absolute Gasteiger partial charge is 0.130 e. The summed E-state index contributed by atoms with van der Waals surface area (Å²) < 4.78 is 5.62. The molecule has 0 fully saturated rings. The van der Waals surface area contributed by atoms with Crippen LogP contribution in [0.15, 0.2) is 24.3 Å². The quantitative estimate of drug-likeness (QED) is 0.421. The summed E-state index contributed by atoms with van der Waals surface area (Å²) in [4.78, 5) is 0. The lowest BCUT2D eigenvalue weighted by Crippen LogP contribution is -2.13. The fraction of sp³-hybridized carbons (Fsp3) is 0.462. The standard InChI is InChI=1S/C13H20N2O/c1-2-3-4-7-10-16-12-9-6-5-8-11(12)13(14)15/h5-6,8-9H,2-4,7,10H2,1H3,(H3,14,15). The summed E-state index contributed by atoms with van der Waals surface area (Å²) >= 11 is 0. The van der Waals surface area contributed by atoms with Crippen LogP contribution in [0.4, 0.5) is 0 Å². The van der Waals surface area contributed by atoms with Gasteiger partial charge < -0.3 is 10.5 Å². The number of benzene rings is 1. The topological polar surface area (TPSA) is 59.1 Å². The second-order valence-corrected chi connectivity index (χ2v) is 3.82. The molecule has 0 aliphatic heterocycles. The van der Waals surface area contributed by atoms with Gasteiger partial charge in [-0.2, -0.15) is 0 Å². The van der Waals surface area contributed by atoms with E-state index in [0.717, 1.165) is 6.42 Å². The van der Waals surface area contributed by atoms with Crippen molar-refractivity contribution in [3.8, 4) is 5.75 Å². The lowest BCUT2D eigenvalue weighted by atomic mass is 10.2. The molecule has 0 bridgehead atoms. The van der Waals surface area contributed by atoms with Crippen molar-refractivity contribution in [1.82, 2.24) is 0 Å². The molecule has 0 aliphatic carbocycles. The normalized spacial score (nSPS) is 10.1. The highest BCUT2D eigenvalue weighted by Gasteiger charge is 2.04. The van der Waals surface area contributed by atoms with Gasteiger partial charge in [-0.15, -0.1) is 0 Å². The molecule has 0 spiro atoms. The van der Waals surface area contributed by atoms with Gasteiger partial charge >= 0.3 is 0 Å². The van der Waals surface area contributed by atoms with Crippen LogP contribution in [0.25, 0.3) is 0 Å². The van der Waals surface area contributed by atoms with Crippen LogP contribution in [0.1, 0.15) is 38.2 Å². The van der Waals surface area contributed by atoms with Gasteiger partial charge in [-0.3, -0.25) is 5.41 Å². The number of nitrogen functional groups attached to an aromatic ring is 1. The molecule has 3 nitrogen and oxygen atoms in total. The Morgan fingerprint density at radius 2 is 2.00 bits per heavy atom. The third-order valence-electron chi connectivity index (χ3n) is 2.43. The van der Waals surface area contributed by atoms with Gasteiger partial charge in [0.1, 0.15) is 11.6 Å². The highest BCUT2D eigenvalue weighted by Crippen LogP contribution is 2.17. The molecular weight excluding hydrogens is 200 g/mol. The van der Waals surface area contributed by atoms with Gasteiger partial charge in [0.2, 0.25) is 0 Å². The first-order valence-corrected chi connectivity index (χ1v) is 5.82. The van der Waals surface area contributed by atoms with Gasteiger partial charge in [0, 0.05) is 0 Å². The summed E-state index contributed by atoms with van der Waals surface area (Å²) in [6.07, 6.45) is 4.72. The number of amidine groups is 1. The zero-order valence-electron chi connectivity index (χ0n) is 9.83. The minimum atomic E-state index is 0.0594. The molecular formula is C13H20N2O. The molecule has 0 radical (unpaired) electrons. The summed E-state index contributed by atoms with van der Waals surface area (Å²) in [5.74, 6) is 0.774. The lowest BCUT2D eigenvalue weighted by molar-refractivity contribution is 0.304. The molecule has 1 rings (SSSR count). The monoisotopic (exact) mass is 220 g/mol. The molecule has 0 aliphatic rings. The van der Waals surface area contributed by atoms with Crippen LogP contribution < -0.4 is 10.5 Å². The van der Waals surface area contributed by atoms with Crippen LogP contribution in [-0.2, 0) is 0 Å². The molecule has 1 aromatic carbocycles. The van der Waals surface area contributed by atoms with Gasteiger partial charge in [-0.25, -0.2) is 0 Å². The summed E-state index contributed by atoms with van der Waals surface area (Å²) in [5.41, 5.74) is 6.15. The van der Waals surface area contributed by atoms with E-state index in [1.54, 1.807) is 0 Å². The van der Waals surface area contributed by atoms with E-state index in [9.17, 15) is 0 Å². The highest BCUT2D eigenvalue weighted by molar-refractivity contribution is 5.97. The molecule has 16 heavy (non-hydrogen) atoms. The van der Waals surface area contributed by atoms with E-state index in [1.807, 2.05) is 24.3 Å². The summed E-state index contributed by atoms with van der Waals surface area (Å²) in [6, 6.07) is 7.43. The van der Waals surface area contributed by atoms with Crippen molar-refractivity contribution in [1.29, 1.82) is 5.41 Å². The SMILES string of the molecule is CCCCCCOc1ccccc1C(=N)N. The minimum absolute atomic E-state index is 0.0594. The van der Waals surface area contributed by atoms with E-state index in [0.29, 0.717) is 17.9 Å². The Labute approximate surface area is 97.1 Å². The molecule has 0 saturated heterocycles. The Morgan fingerprint density at radius 3 is 2.69 bits per heavy atom.